The number of sulfone groups is 1. The van der Waals surface area contributed by atoms with Crippen molar-refractivity contribution in [3.63, 3.8) is 0 Å². The smallest absolute Gasteiger partial charge is 0.314 e. The summed E-state index contributed by atoms with van der Waals surface area (Å²) >= 11 is 3.34. The second-order valence-corrected chi connectivity index (χ2v) is 9.57. The summed E-state index contributed by atoms with van der Waals surface area (Å²) in [4.78, 5) is 12.2. The molecule has 26 heavy (non-hydrogen) atoms. The van der Waals surface area contributed by atoms with Crippen LogP contribution in [0.15, 0.2) is 57.9 Å². The Morgan fingerprint density at radius 2 is 1.73 bits per heavy atom. The maximum atomic E-state index is 13.2. The quantitative estimate of drug-likeness (QED) is 0.746. The highest BCUT2D eigenvalue weighted by Gasteiger charge is 2.76. The van der Waals surface area contributed by atoms with Gasteiger partial charge in [-0.05, 0) is 36.8 Å². The number of rotatable bonds is 6. The molecule has 5 nitrogen and oxygen atoms in total. The Bertz CT molecular complexity index is 921. The van der Waals surface area contributed by atoms with E-state index in [2.05, 4.69) is 15.9 Å². The molecule has 0 amide bonds. The normalized spacial score (nSPS) is 25.0. The first kappa shape index (κ1) is 19.1. The van der Waals surface area contributed by atoms with Gasteiger partial charge < -0.3 is 9.84 Å². The standard InChI is InChI=1S/C19H19BrO5S/c1-12-3-9-15(10-4-12)26(23,24)17-16(13-5-7-14(20)8-6-13)19(17,11-25-2)18(21)22/h3-10,16-17H,11H2,1-2H3,(H,21,22)/t16-,17-,19+/m0/s1. The van der Waals surface area contributed by atoms with Gasteiger partial charge >= 0.3 is 5.97 Å². The van der Waals surface area contributed by atoms with Gasteiger partial charge in [-0.1, -0.05) is 45.8 Å². The SMILES string of the molecule is COC[C@@]1(C(=O)O)[C@@H](c2ccc(Br)cc2)[C@@H]1S(=O)(=O)c1ccc(C)cc1. The Hall–Kier alpha value is -1.70. The summed E-state index contributed by atoms with van der Waals surface area (Å²) in [6.45, 7) is 1.70. The number of halogens is 1. The van der Waals surface area contributed by atoms with E-state index in [0.717, 1.165) is 10.0 Å². The lowest BCUT2D eigenvalue weighted by Crippen LogP contribution is -2.28. The fourth-order valence-electron chi connectivity index (χ4n) is 3.60. The summed E-state index contributed by atoms with van der Waals surface area (Å²) in [6.07, 6.45) is 0. The van der Waals surface area contributed by atoms with Crippen LogP contribution in [0.3, 0.4) is 0 Å². The number of carboxylic acids is 1. The summed E-state index contributed by atoms with van der Waals surface area (Å²) < 4.78 is 32.4. The van der Waals surface area contributed by atoms with E-state index < -0.39 is 32.4 Å². The topological polar surface area (TPSA) is 80.7 Å². The van der Waals surface area contributed by atoms with Crippen LogP contribution in [-0.2, 0) is 19.4 Å². The molecule has 1 aliphatic carbocycles. The molecule has 0 radical (unpaired) electrons. The fourth-order valence-corrected chi connectivity index (χ4v) is 6.23. The van der Waals surface area contributed by atoms with E-state index in [1.165, 1.54) is 19.2 Å². The monoisotopic (exact) mass is 438 g/mol. The van der Waals surface area contributed by atoms with Gasteiger partial charge in [-0.15, -0.1) is 0 Å². The third-order valence-corrected chi connectivity index (χ3v) is 7.77. The molecule has 0 aromatic heterocycles. The van der Waals surface area contributed by atoms with Crippen LogP contribution < -0.4 is 0 Å². The molecule has 3 atom stereocenters. The number of aliphatic carboxylic acids is 1. The molecule has 7 heteroatoms. The minimum atomic E-state index is -3.84. The lowest BCUT2D eigenvalue weighted by molar-refractivity contribution is -0.145. The van der Waals surface area contributed by atoms with Crippen LogP contribution in [0.4, 0.5) is 0 Å². The van der Waals surface area contributed by atoms with E-state index in [0.29, 0.717) is 5.56 Å². The number of hydrogen-bond acceptors (Lipinski definition) is 4. The zero-order chi connectivity index (χ0) is 19.1. The van der Waals surface area contributed by atoms with Crippen molar-refractivity contribution in [1.82, 2.24) is 0 Å². The molecule has 0 heterocycles. The molecule has 0 aliphatic heterocycles. The van der Waals surface area contributed by atoms with Crippen molar-refractivity contribution < 1.29 is 23.1 Å². The van der Waals surface area contributed by atoms with Crippen LogP contribution in [0.1, 0.15) is 17.0 Å². The number of aryl methyl sites for hydroxylation is 1. The zero-order valence-electron chi connectivity index (χ0n) is 14.3. The Balaban J connectivity index is 2.11. The van der Waals surface area contributed by atoms with Crippen LogP contribution in [0, 0.1) is 12.3 Å². The van der Waals surface area contributed by atoms with Gasteiger partial charge in [0.1, 0.15) is 5.41 Å². The van der Waals surface area contributed by atoms with Crippen molar-refractivity contribution in [3.8, 4) is 0 Å². The minimum absolute atomic E-state index is 0.134. The summed E-state index contributed by atoms with van der Waals surface area (Å²) in [5.41, 5.74) is 0.116. The highest BCUT2D eigenvalue weighted by atomic mass is 79.9. The number of carboxylic acid groups (broad SMARTS) is 1. The van der Waals surface area contributed by atoms with E-state index in [1.54, 1.807) is 36.4 Å². The molecular formula is C19H19BrO5S. The van der Waals surface area contributed by atoms with Crippen LogP contribution in [0.2, 0.25) is 0 Å². The highest BCUT2D eigenvalue weighted by molar-refractivity contribution is 9.10. The predicted molar refractivity (Wildman–Crippen MR) is 101 cm³/mol. The number of methoxy groups -OCH3 is 1. The summed E-state index contributed by atoms with van der Waals surface area (Å²) in [5.74, 6) is -1.83. The molecule has 0 unspecified atom stereocenters. The summed E-state index contributed by atoms with van der Waals surface area (Å²) in [5, 5.41) is 8.82. The Kier molecular flexibility index (Phi) is 4.98. The molecule has 1 saturated carbocycles. The predicted octanol–water partition coefficient (Wildman–Crippen LogP) is 3.41. The van der Waals surface area contributed by atoms with E-state index >= 15 is 0 Å². The average molecular weight is 439 g/mol. The second-order valence-electron chi connectivity index (χ2n) is 6.59. The molecule has 1 N–H and O–H groups in total. The molecule has 0 spiro atoms. The van der Waals surface area contributed by atoms with Crippen LogP contribution in [0.5, 0.6) is 0 Å². The molecule has 0 saturated heterocycles. The Labute approximate surface area is 161 Å². The van der Waals surface area contributed by atoms with Crippen molar-refractivity contribution in [3.05, 3.63) is 64.1 Å². The molecule has 0 bridgehead atoms. The molecule has 138 valence electrons. The fraction of sp³-hybridized carbons (Fsp3) is 0.316. The van der Waals surface area contributed by atoms with Gasteiger partial charge in [0.05, 0.1) is 16.8 Å². The third-order valence-electron chi connectivity index (χ3n) is 4.95. The van der Waals surface area contributed by atoms with Gasteiger partial charge in [0.25, 0.3) is 0 Å². The number of benzene rings is 2. The van der Waals surface area contributed by atoms with E-state index in [9.17, 15) is 18.3 Å². The number of ether oxygens (including phenoxy) is 1. The van der Waals surface area contributed by atoms with Gasteiger partial charge in [-0.2, -0.15) is 0 Å². The molecule has 3 rings (SSSR count). The lowest BCUT2D eigenvalue weighted by Gasteiger charge is -2.12. The molecular weight excluding hydrogens is 420 g/mol. The third kappa shape index (κ3) is 2.98. The Morgan fingerprint density at radius 3 is 2.23 bits per heavy atom. The van der Waals surface area contributed by atoms with Gasteiger partial charge in [0.15, 0.2) is 9.84 Å². The number of hydrogen-bond donors (Lipinski definition) is 1. The van der Waals surface area contributed by atoms with E-state index in [-0.39, 0.29) is 11.5 Å². The van der Waals surface area contributed by atoms with Gasteiger partial charge in [-0.25, -0.2) is 8.42 Å². The largest absolute Gasteiger partial charge is 0.481 e. The van der Waals surface area contributed by atoms with Gasteiger partial charge in [0.2, 0.25) is 0 Å². The zero-order valence-corrected chi connectivity index (χ0v) is 16.7. The summed E-state index contributed by atoms with van der Waals surface area (Å²) in [6, 6.07) is 13.6. The molecule has 2 aromatic rings. The maximum absolute atomic E-state index is 13.2. The van der Waals surface area contributed by atoms with Crippen molar-refractivity contribution in [2.24, 2.45) is 5.41 Å². The maximum Gasteiger partial charge on any atom is 0.314 e. The number of carbonyl (C=O) groups is 1. The van der Waals surface area contributed by atoms with Crippen LogP contribution in [0.25, 0.3) is 0 Å². The van der Waals surface area contributed by atoms with Crippen molar-refractivity contribution in [2.45, 2.75) is 23.0 Å². The first-order valence-corrected chi connectivity index (χ1v) is 10.4. The molecule has 1 fully saturated rings. The van der Waals surface area contributed by atoms with Crippen molar-refractivity contribution >= 4 is 31.7 Å². The second kappa shape index (κ2) is 6.79. The van der Waals surface area contributed by atoms with Gasteiger partial charge in [0, 0.05) is 17.5 Å². The van der Waals surface area contributed by atoms with Crippen LogP contribution in [-0.4, -0.2) is 38.5 Å². The lowest BCUT2D eigenvalue weighted by atomic mass is 10.0. The minimum Gasteiger partial charge on any atom is -0.481 e. The molecule has 1 aliphatic rings. The highest BCUT2D eigenvalue weighted by Crippen LogP contribution is 2.64. The average Bonchev–Trinajstić information content (AvgIpc) is 3.27. The van der Waals surface area contributed by atoms with Crippen LogP contribution >= 0.6 is 15.9 Å². The molecule has 2 aromatic carbocycles. The van der Waals surface area contributed by atoms with Crippen molar-refractivity contribution in [2.75, 3.05) is 13.7 Å². The van der Waals surface area contributed by atoms with E-state index in [1.807, 2.05) is 6.92 Å². The Morgan fingerprint density at radius 1 is 1.15 bits per heavy atom. The van der Waals surface area contributed by atoms with Gasteiger partial charge in [-0.3, -0.25) is 4.79 Å². The first-order valence-electron chi connectivity index (χ1n) is 8.03. The van der Waals surface area contributed by atoms with Crippen molar-refractivity contribution in [1.29, 1.82) is 0 Å². The summed E-state index contributed by atoms with van der Waals surface area (Å²) in [7, 11) is -2.45. The van der Waals surface area contributed by atoms with E-state index in [4.69, 9.17) is 4.74 Å². The first-order chi connectivity index (χ1) is 12.2.